The summed E-state index contributed by atoms with van der Waals surface area (Å²) in [4.78, 5) is 30.5. The van der Waals surface area contributed by atoms with E-state index in [4.69, 9.17) is 9.47 Å². The number of anilines is 3. The first-order chi connectivity index (χ1) is 20.5. The van der Waals surface area contributed by atoms with Gasteiger partial charge in [0.15, 0.2) is 6.61 Å². The van der Waals surface area contributed by atoms with Gasteiger partial charge in [0.05, 0.1) is 18.4 Å². The normalized spacial score (nSPS) is 12.9. The molecule has 9 heteroatoms. The smallest absolute Gasteiger partial charge is 0.262 e. The first-order valence-electron chi connectivity index (χ1n) is 13.8. The lowest BCUT2D eigenvalue weighted by atomic mass is 10.1. The molecule has 1 aliphatic rings. The molecule has 1 fully saturated rings. The number of rotatable bonds is 10. The van der Waals surface area contributed by atoms with Gasteiger partial charge in [-0.25, -0.2) is 4.39 Å². The number of piperazine rings is 1. The lowest BCUT2D eigenvalue weighted by Gasteiger charge is -2.38. The number of halogens is 1. The number of amides is 2. The van der Waals surface area contributed by atoms with E-state index in [0.717, 1.165) is 35.8 Å². The summed E-state index contributed by atoms with van der Waals surface area (Å²) in [6.45, 7) is 2.93. The Hall–Kier alpha value is -5.05. The van der Waals surface area contributed by atoms with Crippen molar-refractivity contribution in [3.63, 3.8) is 0 Å². The van der Waals surface area contributed by atoms with Crippen LogP contribution in [0.3, 0.4) is 0 Å². The highest BCUT2D eigenvalue weighted by atomic mass is 19.1. The van der Waals surface area contributed by atoms with Gasteiger partial charge in [0.1, 0.15) is 17.3 Å². The van der Waals surface area contributed by atoms with Crippen LogP contribution in [0.25, 0.3) is 0 Å². The Labute approximate surface area is 244 Å². The first-order valence-corrected chi connectivity index (χ1v) is 13.8. The molecule has 8 nitrogen and oxygen atoms in total. The second-order valence-corrected chi connectivity index (χ2v) is 9.84. The van der Waals surface area contributed by atoms with E-state index in [1.165, 1.54) is 12.1 Å². The number of para-hydroxylation sites is 3. The summed E-state index contributed by atoms with van der Waals surface area (Å²) in [7, 11) is 1.67. The summed E-state index contributed by atoms with van der Waals surface area (Å²) in [5.41, 5.74) is 3.50. The molecule has 42 heavy (non-hydrogen) atoms. The molecule has 1 aliphatic heterocycles. The summed E-state index contributed by atoms with van der Waals surface area (Å²) in [5.74, 6) is 0.450. The number of carbonyl (C=O) groups is 2. The summed E-state index contributed by atoms with van der Waals surface area (Å²) in [6.07, 6.45) is 0. The van der Waals surface area contributed by atoms with Gasteiger partial charge in [-0.15, -0.1) is 0 Å². The first kappa shape index (κ1) is 28.5. The minimum atomic E-state index is -0.338. The van der Waals surface area contributed by atoms with Gasteiger partial charge in [-0.1, -0.05) is 42.5 Å². The van der Waals surface area contributed by atoms with Gasteiger partial charge < -0.3 is 29.9 Å². The molecule has 4 aromatic carbocycles. The van der Waals surface area contributed by atoms with Gasteiger partial charge in [-0.3, -0.25) is 9.59 Å². The summed E-state index contributed by atoms with van der Waals surface area (Å²) < 4.78 is 24.4. The van der Waals surface area contributed by atoms with Gasteiger partial charge >= 0.3 is 0 Å². The minimum absolute atomic E-state index is 0.164. The van der Waals surface area contributed by atoms with E-state index < -0.39 is 0 Å². The van der Waals surface area contributed by atoms with Crippen molar-refractivity contribution in [2.24, 2.45) is 0 Å². The van der Waals surface area contributed by atoms with Crippen LogP contribution in [0.4, 0.5) is 21.5 Å². The molecule has 0 atom stereocenters. The number of nitrogens with one attached hydrogen (secondary N) is 2. The van der Waals surface area contributed by atoms with Crippen molar-refractivity contribution < 1.29 is 23.5 Å². The molecule has 1 saturated heterocycles. The third-order valence-corrected chi connectivity index (χ3v) is 7.05. The third kappa shape index (κ3) is 7.17. The molecule has 0 saturated carbocycles. The fourth-order valence-corrected chi connectivity index (χ4v) is 4.89. The lowest BCUT2D eigenvalue weighted by Crippen LogP contribution is -2.47. The molecule has 0 unspecified atom stereocenters. The summed E-state index contributed by atoms with van der Waals surface area (Å²) in [5, 5.41) is 5.77. The fourth-order valence-electron chi connectivity index (χ4n) is 4.89. The van der Waals surface area contributed by atoms with Gasteiger partial charge in [0, 0.05) is 44.1 Å². The van der Waals surface area contributed by atoms with E-state index in [1.807, 2.05) is 48.5 Å². The molecule has 4 aromatic rings. The maximum absolute atomic E-state index is 13.5. The van der Waals surface area contributed by atoms with Crippen molar-refractivity contribution in [3.8, 4) is 11.5 Å². The largest absolute Gasteiger partial charge is 0.495 e. The van der Waals surface area contributed by atoms with Gasteiger partial charge in [0.25, 0.3) is 11.8 Å². The Balaban J connectivity index is 1.31. The average molecular weight is 569 g/mol. The number of methoxy groups -OCH3 is 1. The molecule has 0 spiro atoms. The topological polar surface area (TPSA) is 83.1 Å². The molecular weight excluding hydrogens is 535 g/mol. The fraction of sp³-hybridized carbons (Fsp3) is 0.212. The van der Waals surface area contributed by atoms with E-state index in [1.54, 1.807) is 43.5 Å². The van der Waals surface area contributed by atoms with Crippen molar-refractivity contribution in [1.29, 1.82) is 0 Å². The second-order valence-electron chi connectivity index (χ2n) is 9.84. The maximum Gasteiger partial charge on any atom is 0.262 e. The van der Waals surface area contributed by atoms with Crippen LogP contribution in [0.2, 0.25) is 0 Å². The number of carbonyl (C=O) groups excluding carboxylic acids is 2. The van der Waals surface area contributed by atoms with Crippen LogP contribution < -0.4 is 29.9 Å². The Bertz CT molecular complexity index is 1510. The van der Waals surface area contributed by atoms with Gasteiger partial charge in [-0.05, 0) is 60.2 Å². The van der Waals surface area contributed by atoms with Crippen LogP contribution in [0.15, 0.2) is 97.1 Å². The van der Waals surface area contributed by atoms with Crippen LogP contribution in [0, 0.1) is 5.82 Å². The monoisotopic (exact) mass is 568 g/mol. The molecule has 1 heterocycles. The van der Waals surface area contributed by atoms with Crippen molar-refractivity contribution in [2.75, 3.05) is 55.0 Å². The molecule has 0 aromatic heterocycles. The predicted molar refractivity (Wildman–Crippen MR) is 162 cm³/mol. The van der Waals surface area contributed by atoms with E-state index in [-0.39, 0.29) is 30.8 Å². The number of ether oxygens (including phenoxy) is 2. The standard InChI is InChI=1S/C33H33FN4O4/c1-41-31-10-6-5-9-30(31)38-19-17-37(18-20-38)29-16-15-26(36-32(39)23-42-27-7-3-2-4-8-27)21-28(29)33(40)35-22-24-11-13-25(34)14-12-24/h2-16,21H,17-20,22-23H2,1H3,(H,35,40)(H,36,39). The highest BCUT2D eigenvalue weighted by Gasteiger charge is 2.24. The van der Waals surface area contributed by atoms with Crippen LogP contribution in [-0.2, 0) is 11.3 Å². The Kier molecular flexibility index (Phi) is 9.18. The SMILES string of the molecule is COc1ccccc1N1CCN(c2ccc(NC(=O)COc3ccccc3)cc2C(=O)NCc2ccc(F)cc2)CC1. The quantitative estimate of drug-likeness (QED) is 0.277. The molecule has 2 N–H and O–H groups in total. The summed E-state index contributed by atoms with van der Waals surface area (Å²) >= 11 is 0. The zero-order valence-corrected chi connectivity index (χ0v) is 23.4. The number of benzene rings is 4. The lowest BCUT2D eigenvalue weighted by molar-refractivity contribution is -0.118. The van der Waals surface area contributed by atoms with E-state index in [9.17, 15) is 14.0 Å². The van der Waals surface area contributed by atoms with E-state index >= 15 is 0 Å². The predicted octanol–water partition coefficient (Wildman–Crippen LogP) is 5.11. The van der Waals surface area contributed by atoms with Crippen molar-refractivity contribution in [3.05, 3.63) is 114 Å². The average Bonchev–Trinajstić information content (AvgIpc) is 3.04. The number of hydrogen-bond donors (Lipinski definition) is 2. The highest BCUT2D eigenvalue weighted by Crippen LogP contribution is 2.31. The number of hydrogen-bond acceptors (Lipinski definition) is 6. The van der Waals surface area contributed by atoms with Crippen molar-refractivity contribution in [1.82, 2.24) is 5.32 Å². The van der Waals surface area contributed by atoms with Gasteiger partial charge in [0.2, 0.25) is 0 Å². The van der Waals surface area contributed by atoms with E-state index in [2.05, 4.69) is 20.4 Å². The Morgan fingerprint density at radius 3 is 2.19 bits per heavy atom. The highest BCUT2D eigenvalue weighted by molar-refractivity contribution is 6.02. The summed E-state index contributed by atoms with van der Waals surface area (Å²) in [6, 6.07) is 28.4. The van der Waals surface area contributed by atoms with Gasteiger partial charge in [-0.2, -0.15) is 0 Å². The van der Waals surface area contributed by atoms with Crippen LogP contribution in [0.5, 0.6) is 11.5 Å². The zero-order valence-electron chi connectivity index (χ0n) is 23.4. The minimum Gasteiger partial charge on any atom is -0.495 e. The van der Waals surface area contributed by atoms with E-state index in [0.29, 0.717) is 30.1 Å². The van der Waals surface area contributed by atoms with Crippen LogP contribution >= 0.6 is 0 Å². The Morgan fingerprint density at radius 1 is 0.810 bits per heavy atom. The number of nitrogens with zero attached hydrogens (tertiary/aromatic N) is 2. The van der Waals surface area contributed by atoms with Crippen molar-refractivity contribution >= 4 is 28.9 Å². The molecule has 0 radical (unpaired) electrons. The molecule has 5 rings (SSSR count). The molecule has 2 amide bonds. The van der Waals surface area contributed by atoms with Crippen LogP contribution in [-0.4, -0.2) is 51.7 Å². The molecule has 0 aliphatic carbocycles. The van der Waals surface area contributed by atoms with Crippen molar-refractivity contribution in [2.45, 2.75) is 6.54 Å². The molecule has 0 bridgehead atoms. The molecule has 216 valence electrons. The second kappa shape index (κ2) is 13.5. The maximum atomic E-state index is 13.5. The Morgan fingerprint density at radius 2 is 1.48 bits per heavy atom. The van der Waals surface area contributed by atoms with Crippen LogP contribution in [0.1, 0.15) is 15.9 Å². The third-order valence-electron chi connectivity index (χ3n) is 7.05. The molecular formula is C33H33FN4O4. The zero-order chi connectivity index (χ0) is 29.3.